The lowest BCUT2D eigenvalue weighted by Crippen LogP contribution is -2.50. The molecular formula is C12H18N4O3. The van der Waals surface area contributed by atoms with Gasteiger partial charge in [-0.1, -0.05) is 0 Å². The van der Waals surface area contributed by atoms with Crippen molar-refractivity contribution in [3.05, 3.63) is 17.8 Å². The van der Waals surface area contributed by atoms with Crippen LogP contribution in [0.15, 0.2) is 12.1 Å². The van der Waals surface area contributed by atoms with Gasteiger partial charge in [-0.25, -0.2) is 0 Å². The Hall–Kier alpha value is -1.73. The highest BCUT2D eigenvalue weighted by atomic mass is 16.5. The number of aliphatic hydroxyl groups excluding tert-OH is 1. The number of nitrogens with one attached hydrogen (secondary N) is 1. The number of ether oxygens (including phenoxy) is 1. The van der Waals surface area contributed by atoms with E-state index in [9.17, 15) is 4.79 Å². The van der Waals surface area contributed by atoms with E-state index in [1.54, 1.807) is 19.2 Å². The van der Waals surface area contributed by atoms with E-state index >= 15 is 0 Å². The highest BCUT2D eigenvalue weighted by molar-refractivity contribution is 5.91. The van der Waals surface area contributed by atoms with Crippen molar-refractivity contribution in [2.24, 2.45) is 0 Å². The van der Waals surface area contributed by atoms with Crippen LogP contribution in [0.25, 0.3) is 0 Å². The zero-order valence-corrected chi connectivity index (χ0v) is 11.0. The zero-order valence-electron chi connectivity index (χ0n) is 11.0. The van der Waals surface area contributed by atoms with Gasteiger partial charge in [-0.05, 0) is 19.1 Å². The third kappa shape index (κ3) is 2.99. The van der Waals surface area contributed by atoms with Gasteiger partial charge in [0.2, 0.25) is 0 Å². The minimum absolute atomic E-state index is 0.0209. The highest BCUT2D eigenvalue weighted by Crippen LogP contribution is 2.18. The molecular weight excluding hydrogens is 248 g/mol. The molecule has 7 heteroatoms. The fourth-order valence-corrected chi connectivity index (χ4v) is 1.97. The molecule has 0 radical (unpaired) electrons. The van der Waals surface area contributed by atoms with Crippen LogP contribution in [-0.2, 0) is 4.74 Å². The SMILES string of the molecule is CNC(=O)c1ccc(N2CC(CO)OCC2C)nn1. The van der Waals surface area contributed by atoms with E-state index in [2.05, 4.69) is 15.5 Å². The molecule has 2 N–H and O–H groups in total. The van der Waals surface area contributed by atoms with E-state index in [4.69, 9.17) is 9.84 Å². The molecule has 1 aliphatic rings. The van der Waals surface area contributed by atoms with E-state index in [0.717, 1.165) is 0 Å². The number of anilines is 1. The Morgan fingerprint density at radius 1 is 1.58 bits per heavy atom. The van der Waals surface area contributed by atoms with Gasteiger partial charge in [0.15, 0.2) is 11.5 Å². The molecule has 0 spiro atoms. The molecule has 1 amide bonds. The van der Waals surface area contributed by atoms with Gasteiger partial charge >= 0.3 is 0 Å². The Bertz CT molecular complexity index is 437. The summed E-state index contributed by atoms with van der Waals surface area (Å²) in [5.41, 5.74) is 0.283. The second-order valence-corrected chi connectivity index (χ2v) is 4.50. The number of morpholine rings is 1. The first-order valence-corrected chi connectivity index (χ1v) is 6.20. The van der Waals surface area contributed by atoms with E-state index < -0.39 is 0 Å². The predicted molar refractivity (Wildman–Crippen MR) is 69.1 cm³/mol. The van der Waals surface area contributed by atoms with Gasteiger partial charge in [0.05, 0.1) is 25.4 Å². The number of carbonyl (C=O) groups is 1. The Balaban J connectivity index is 2.14. The van der Waals surface area contributed by atoms with Crippen LogP contribution in [0.5, 0.6) is 0 Å². The number of aliphatic hydroxyl groups is 1. The minimum Gasteiger partial charge on any atom is -0.394 e. The minimum atomic E-state index is -0.262. The molecule has 2 atom stereocenters. The molecule has 0 saturated carbocycles. The van der Waals surface area contributed by atoms with E-state index in [1.165, 1.54) is 0 Å². The summed E-state index contributed by atoms with van der Waals surface area (Å²) in [5.74, 6) is 0.421. The second kappa shape index (κ2) is 5.94. The van der Waals surface area contributed by atoms with Crippen molar-refractivity contribution in [2.45, 2.75) is 19.1 Å². The molecule has 1 aromatic heterocycles. The van der Waals surface area contributed by atoms with Crippen molar-refractivity contribution in [3.63, 3.8) is 0 Å². The summed E-state index contributed by atoms with van der Waals surface area (Å²) >= 11 is 0. The summed E-state index contributed by atoms with van der Waals surface area (Å²) in [6.07, 6.45) is -0.211. The fraction of sp³-hybridized carbons (Fsp3) is 0.583. The first kappa shape index (κ1) is 13.7. The molecule has 1 aromatic rings. The van der Waals surface area contributed by atoms with Crippen LogP contribution in [0.2, 0.25) is 0 Å². The van der Waals surface area contributed by atoms with Gasteiger partial charge in [0.25, 0.3) is 5.91 Å². The lowest BCUT2D eigenvalue weighted by Gasteiger charge is -2.37. The van der Waals surface area contributed by atoms with Crippen molar-refractivity contribution in [1.82, 2.24) is 15.5 Å². The Morgan fingerprint density at radius 3 is 2.95 bits per heavy atom. The van der Waals surface area contributed by atoms with Gasteiger partial charge in [-0.2, -0.15) is 0 Å². The molecule has 2 rings (SSSR count). The molecule has 104 valence electrons. The Kier molecular flexibility index (Phi) is 4.28. The molecule has 2 heterocycles. The number of nitrogens with zero attached hydrogens (tertiary/aromatic N) is 3. The summed E-state index contributed by atoms with van der Waals surface area (Å²) < 4.78 is 5.47. The summed E-state index contributed by atoms with van der Waals surface area (Å²) in [5, 5.41) is 19.6. The number of carbonyl (C=O) groups excluding carboxylic acids is 1. The van der Waals surface area contributed by atoms with Crippen LogP contribution < -0.4 is 10.2 Å². The molecule has 19 heavy (non-hydrogen) atoms. The van der Waals surface area contributed by atoms with Gasteiger partial charge in [-0.15, -0.1) is 10.2 Å². The maximum atomic E-state index is 11.4. The van der Waals surface area contributed by atoms with Crippen LogP contribution in [0, 0.1) is 0 Å². The van der Waals surface area contributed by atoms with E-state index in [0.29, 0.717) is 19.0 Å². The topological polar surface area (TPSA) is 87.6 Å². The molecule has 1 fully saturated rings. The first-order chi connectivity index (χ1) is 9.15. The number of amides is 1. The molecule has 0 aliphatic carbocycles. The smallest absolute Gasteiger partial charge is 0.271 e. The lowest BCUT2D eigenvalue weighted by molar-refractivity contribution is -0.0106. The van der Waals surface area contributed by atoms with Gasteiger partial charge in [-0.3, -0.25) is 4.79 Å². The zero-order chi connectivity index (χ0) is 13.8. The van der Waals surface area contributed by atoms with Crippen molar-refractivity contribution in [1.29, 1.82) is 0 Å². The average Bonchev–Trinajstić information content (AvgIpc) is 2.47. The molecule has 7 nitrogen and oxygen atoms in total. The third-order valence-electron chi connectivity index (χ3n) is 3.11. The van der Waals surface area contributed by atoms with Gasteiger partial charge in [0, 0.05) is 13.6 Å². The fourth-order valence-electron chi connectivity index (χ4n) is 1.97. The van der Waals surface area contributed by atoms with Gasteiger partial charge < -0.3 is 20.1 Å². The molecule has 0 bridgehead atoms. The van der Waals surface area contributed by atoms with Crippen molar-refractivity contribution >= 4 is 11.7 Å². The quantitative estimate of drug-likeness (QED) is 0.761. The maximum Gasteiger partial charge on any atom is 0.271 e. The predicted octanol–water partition coefficient (Wildman–Crippen LogP) is -0.578. The number of rotatable bonds is 3. The maximum absolute atomic E-state index is 11.4. The lowest BCUT2D eigenvalue weighted by atomic mass is 10.2. The van der Waals surface area contributed by atoms with Crippen LogP contribution in [0.1, 0.15) is 17.4 Å². The Morgan fingerprint density at radius 2 is 2.37 bits per heavy atom. The number of aromatic nitrogens is 2. The highest BCUT2D eigenvalue weighted by Gasteiger charge is 2.26. The van der Waals surface area contributed by atoms with Crippen molar-refractivity contribution in [2.75, 3.05) is 31.7 Å². The molecule has 1 saturated heterocycles. The van der Waals surface area contributed by atoms with Crippen LogP contribution in [0.4, 0.5) is 5.82 Å². The van der Waals surface area contributed by atoms with E-state index in [-0.39, 0.29) is 30.4 Å². The normalized spacial score (nSPS) is 23.2. The first-order valence-electron chi connectivity index (χ1n) is 6.20. The van der Waals surface area contributed by atoms with Crippen molar-refractivity contribution < 1.29 is 14.6 Å². The standard InChI is InChI=1S/C12H18N4O3/c1-8-7-19-9(6-17)5-16(8)11-4-3-10(14-15-11)12(18)13-2/h3-4,8-9,17H,5-7H2,1-2H3,(H,13,18). The number of hydrogen-bond donors (Lipinski definition) is 2. The molecule has 0 aromatic carbocycles. The molecule has 2 unspecified atom stereocenters. The summed E-state index contributed by atoms with van der Waals surface area (Å²) in [4.78, 5) is 13.4. The van der Waals surface area contributed by atoms with Crippen LogP contribution in [0.3, 0.4) is 0 Å². The average molecular weight is 266 g/mol. The monoisotopic (exact) mass is 266 g/mol. The summed E-state index contributed by atoms with van der Waals surface area (Å²) in [7, 11) is 1.55. The third-order valence-corrected chi connectivity index (χ3v) is 3.11. The Labute approximate surface area is 111 Å². The number of hydrogen-bond acceptors (Lipinski definition) is 6. The van der Waals surface area contributed by atoms with Crippen LogP contribution in [-0.4, -0.2) is 60.2 Å². The summed E-state index contributed by atoms with van der Waals surface area (Å²) in [6, 6.07) is 3.55. The van der Waals surface area contributed by atoms with Crippen molar-refractivity contribution in [3.8, 4) is 0 Å². The van der Waals surface area contributed by atoms with Crippen LogP contribution >= 0.6 is 0 Å². The molecule has 1 aliphatic heterocycles. The second-order valence-electron chi connectivity index (χ2n) is 4.50. The largest absolute Gasteiger partial charge is 0.394 e. The van der Waals surface area contributed by atoms with Gasteiger partial charge in [0.1, 0.15) is 0 Å². The summed E-state index contributed by atoms with van der Waals surface area (Å²) in [6.45, 7) is 3.09. The van der Waals surface area contributed by atoms with E-state index in [1.807, 2.05) is 11.8 Å².